The summed E-state index contributed by atoms with van der Waals surface area (Å²) in [7, 11) is 3.00. The number of esters is 1. The van der Waals surface area contributed by atoms with Gasteiger partial charge in [0.1, 0.15) is 11.6 Å². The molecule has 2 aromatic heterocycles. The lowest BCUT2D eigenvalue weighted by molar-refractivity contribution is -0.134. The predicted octanol–water partition coefficient (Wildman–Crippen LogP) is 3.27. The van der Waals surface area contributed by atoms with E-state index >= 15 is 0 Å². The number of methoxy groups -OCH3 is 2. The predicted molar refractivity (Wildman–Crippen MR) is 118 cm³/mol. The molecule has 1 N–H and O–H groups in total. The summed E-state index contributed by atoms with van der Waals surface area (Å²) >= 11 is 0. The third kappa shape index (κ3) is 4.86. The number of hydrogen-bond acceptors (Lipinski definition) is 7. The molecule has 0 saturated carbocycles. The van der Waals surface area contributed by atoms with Gasteiger partial charge < -0.3 is 19.5 Å². The van der Waals surface area contributed by atoms with Crippen molar-refractivity contribution in [2.24, 2.45) is 0 Å². The van der Waals surface area contributed by atoms with Crippen LogP contribution in [0.2, 0.25) is 0 Å². The normalized spacial score (nSPS) is 14.8. The Morgan fingerprint density at radius 3 is 2.71 bits per heavy atom. The van der Waals surface area contributed by atoms with Crippen molar-refractivity contribution in [2.45, 2.75) is 25.4 Å². The van der Waals surface area contributed by atoms with Crippen LogP contribution in [0.5, 0.6) is 5.75 Å². The average Bonchev–Trinajstić information content (AvgIpc) is 3.17. The lowest BCUT2D eigenvalue weighted by atomic mass is 10.1. The lowest BCUT2D eigenvalue weighted by Crippen LogP contribution is -2.28. The Balaban J connectivity index is 1.72. The second kappa shape index (κ2) is 9.61. The van der Waals surface area contributed by atoms with Crippen LogP contribution in [0.25, 0.3) is 17.0 Å². The van der Waals surface area contributed by atoms with E-state index in [2.05, 4.69) is 10.3 Å². The van der Waals surface area contributed by atoms with E-state index in [9.17, 15) is 4.79 Å². The van der Waals surface area contributed by atoms with Crippen LogP contribution in [0.15, 0.2) is 42.6 Å². The van der Waals surface area contributed by atoms with E-state index in [0.29, 0.717) is 12.2 Å². The van der Waals surface area contributed by atoms with Crippen LogP contribution in [0.4, 0.5) is 5.82 Å². The highest BCUT2D eigenvalue weighted by Crippen LogP contribution is 2.28. The van der Waals surface area contributed by atoms with Gasteiger partial charge in [-0.1, -0.05) is 12.1 Å². The maximum Gasteiger partial charge on any atom is 0.330 e. The Labute approximate surface area is 180 Å². The van der Waals surface area contributed by atoms with Gasteiger partial charge in [0.05, 0.1) is 37.4 Å². The first-order valence-corrected chi connectivity index (χ1v) is 10.3. The molecule has 1 fully saturated rings. The van der Waals surface area contributed by atoms with Crippen molar-refractivity contribution >= 4 is 28.8 Å². The van der Waals surface area contributed by atoms with E-state index in [4.69, 9.17) is 19.3 Å². The number of nitrogens with zero attached hydrogens (tertiary/aromatic N) is 3. The topological polar surface area (TPSA) is 87.5 Å². The number of benzene rings is 1. The van der Waals surface area contributed by atoms with Crippen molar-refractivity contribution in [1.29, 1.82) is 0 Å². The maximum absolute atomic E-state index is 11.7. The minimum Gasteiger partial charge on any atom is -0.497 e. The van der Waals surface area contributed by atoms with Crippen LogP contribution in [-0.2, 0) is 20.8 Å². The zero-order valence-electron chi connectivity index (χ0n) is 17.7. The average molecular weight is 422 g/mol. The Morgan fingerprint density at radius 1 is 1.23 bits per heavy atom. The molecule has 0 unspecified atom stereocenters. The SMILES string of the molecule is COC(=O)/C=C/c1nn(Cc2ccc(OC)cc2)c2ccnc(NC3CCOCC3)c12. The summed E-state index contributed by atoms with van der Waals surface area (Å²) in [5.74, 6) is 1.14. The summed E-state index contributed by atoms with van der Waals surface area (Å²) in [5, 5.41) is 9.20. The molecule has 3 heterocycles. The molecule has 0 amide bonds. The second-order valence-corrected chi connectivity index (χ2v) is 7.33. The molecule has 8 heteroatoms. The van der Waals surface area contributed by atoms with Crippen molar-refractivity contribution in [3.8, 4) is 5.75 Å². The quantitative estimate of drug-likeness (QED) is 0.462. The van der Waals surface area contributed by atoms with Crippen molar-refractivity contribution in [1.82, 2.24) is 14.8 Å². The van der Waals surface area contributed by atoms with Gasteiger partial charge in [-0.3, -0.25) is 4.68 Å². The molecule has 1 aliphatic rings. The maximum atomic E-state index is 11.7. The van der Waals surface area contributed by atoms with Crippen molar-refractivity contribution in [3.63, 3.8) is 0 Å². The standard InChI is InChI=1S/C23H26N4O4/c1-29-18-5-3-16(4-6-18)15-27-20-9-12-24-23(25-17-10-13-31-14-11-17)22(20)19(26-27)7-8-21(28)30-2/h3-9,12,17H,10-11,13-15H2,1-2H3,(H,24,25)/b8-7+. The Kier molecular flexibility index (Phi) is 6.47. The number of hydrogen-bond donors (Lipinski definition) is 1. The molecular weight excluding hydrogens is 396 g/mol. The van der Waals surface area contributed by atoms with Crippen LogP contribution in [0.1, 0.15) is 24.1 Å². The highest BCUT2D eigenvalue weighted by atomic mass is 16.5. The fraction of sp³-hybridized carbons (Fsp3) is 0.348. The van der Waals surface area contributed by atoms with Gasteiger partial charge in [-0.05, 0) is 42.7 Å². The van der Waals surface area contributed by atoms with Crippen LogP contribution >= 0.6 is 0 Å². The van der Waals surface area contributed by atoms with Crippen molar-refractivity contribution in [2.75, 3.05) is 32.8 Å². The number of anilines is 1. The smallest absolute Gasteiger partial charge is 0.330 e. The largest absolute Gasteiger partial charge is 0.497 e. The number of pyridine rings is 1. The van der Waals surface area contributed by atoms with E-state index in [1.165, 1.54) is 13.2 Å². The number of aromatic nitrogens is 3. The number of ether oxygens (including phenoxy) is 3. The molecule has 31 heavy (non-hydrogen) atoms. The molecule has 0 atom stereocenters. The molecule has 4 rings (SSSR count). The van der Waals surface area contributed by atoms with Gasteiger partial charge in [0.25, 0.3) is 0 Å². The fourth-order valence-corrected chi connectivity index (χ4v) is 3.65. The lowest BCUT2D eigenvalue weighted by Gasteiger charge is -2.23. The number of carbonyl (C=O) groups is 1. The molecule has 3 aromatic rings. The molecule has 0 aliphatic carbocycles. The summed E-state index contributed by atoms with van der Waals surface area (Å²) in [4.78, 5) is 16.3. The van der Waals surface area contributed by atoms with E-state index in [1.807, 2.05) is 35.0 Å². The number of rotatable bonds is 7. The summed E-state index contributed by atoms with van der Waals surface area (Å²) in [6.45, 7) is 2.05. The highest BCUT2D eigenvalue weighted by Gasteiger charge is 2.19. The minimum absolute atomic E-state index is 0.286. The zero-order valence-corrected chi connectivity index (χ0v) is 17.7. The van der Waals surface area contributed by atoms with E-state index < -0.39 is 5.97 Å². The second-order valence-electron chi connectivity index (χ2n) is 7.33. The molecule has 1 saturated heterocycles. The summed E-state index contributed by atoms with van der Waals surface area (Å²) in [6.07, 6.45) is 6.68. The van der Waals surface area contributed by atoms with Crippen LogP contribution < -0.4 is 10.1 Å². The van der Waals surface area contributed by atoms with Gasteiger partial charge in [-0.15, -0.1) is 0 Å². The van der Waals surface area contributed by atoms with Crippen molar-refractivity contribution < 1.29 is 19.0 Å². The molecular formula is C23H26N4O4. The van der Waals surface area contributed by atoms with Gasteiger partial charge in [0.2, 0.25) is 0 Å². The third-order valence-electron chi connectivity index (χ3n) is 5.32. The zero-order chi connectivity index (χ0) is 21.6. The van der Waals surface area contributed by atoms with Gasteiger partial charge in [-0.25, -0.2) is 9.78 Å². The third-order valence-corrected chi connectivity index (χ3v) is 5.32. The minimum atomic E-state index is -0.430. The first-order chi connectivity index (χ1) is 15.2. The summed E-state index contributed by atoms with van der Waals surface area (Å²) < 4.78 is 17.4. The van der Waals surface area contributed by atoms with E-state index in [0.717, 1.165) is 54.1 Å². The monoisotopic (exact) mass is 422 g/mol. The molecule has 0 radical (unpaired) electrons. The molecule has 8 nitrogen and oxygen atoms in total. The Bertz CT molecular complexity index is 1070. The number of fused-ring (bicyclic) bond motifs is 1. The summed E-state index contributed by atoms with van der Waals surface area (Å²) in [5.41, 5.74) is 2.69. The van der Waals surface area contributed by atoms with Crippen LogP contribution in [0, 0.1) is 0 Å². The van der Waals surface area contributed by atoms with E-state index in [-0.39, 0.29) is 6.04 Å². The first-order valence-electron chi connectivity index (χ1n) is 10.3. The molecule has 1 aromatic carbocycles. The van der Waals surface area contributed by atoms with Gasteiger partial charge in [0.15, 0.2) is 0 Å². The van der Waals surface area contributed by atoms with Gasteiger partial charge in [-0.2, -0.15) is 5.10 Å². The number of nitrogens with one attached hydrogen (secondary N) is 1. The Hall–Kier alpha value is -3.39. The molecule has 0 spiro atoms. The number of carbonyl (C=O) groups excluding carboxylic acids is 1. The first kappa shape index (κ1) is 20.9. The Morgan fingerprint density at radius 2 is 2.00 bits per heavy atom. The molecule has 1 aliphatic heterocycles. The van der Waals surface area contributed by atoms with Crippen molar-refractivity contribution in [3.05, 3.63) is 53.9 Å². The molecule has 0 bridgehead atoms. The summed E-state index contributed by atoms with van der Waals surface area (Å²) in [6, 6.07) is 10.1. The van der Waals surface area contributed by atoms with Gasteiger partial charge in [0, 0.05) is 31.5 Å². The van der Waals surface area contributed by atoms with Crippen LogP contribution in [0.3, 0.4) is 0 Å². The fourth-order valence-electron chi connectivity index (χ4n) is 3.65. The van der Waals surface area contributed by atoms with Gasteiger partial charge >= 0.3 is 5.97 Å². The van der Waals surface area contributed by atoms with Crippen LogP contribution in [-0.4, -0.2) is 54.2 Å². The highest BCUT2D eigenvalue weighted by molar-refractivity contribution is 5.98. The molecule has 162 valence electrons. The van der Waals surface area contributed by atoms with E-state index in [1.54, 1.807) is 19.4 Å².